The Balaban J connectivity index is 1.51. The van der Waals surface area contributed by atoms with Gasteiger partial charge in [-0.15, -0.1) is 0 Å². The molecule has 1 heterocycles. The van der Waals surface area contributed by atoms with Gasteiger partial charge in [0.1, 0.15) is 11.6 Å². The summed E-state index contributed by atoms with van der Waals surface area (Å²) < 4.78 is 27.7. The molecule has 4 N–H and O–H groups in total. The molecular weight excluding hydrogens is 484 g/mol. The molecule has 1 amide bonds. The molecule has 5 nitrogen and oxygen atoms in total. The SMILES string of the molecule is CC(C)(C)Cc1ccc2c(c1)C(NCC(O)C(Cc1cc(F)cc(F)c1)C(=O)Nc1ccccc1)CCN2. The first-order chi connectivity index (χ1) is 18.1. The lowest BCUT2D eigenvalue weighted by Crippen LogP contribution is -2.42. The molecule has 3 unspecified atom stereocenters. The van der Waals surface area contributed by atoms with E-state index in [-0.39, 0.29) is 24.4 Å². The molecule has 0 aliphatic carbocycles. The van der Waals surface area contributed by atoms with Crippen LogP contribution in [0, 0.1) is 23.0 Å². The van der Waals surface area contributed by atoms with Crippen molar-refractivity contribution in [2.45, 2.75) is 52.2 Å². The molecule has 7 heteroatoms. The van der Waals surface area contributed by atoms with Gasteiger partial charge in [0.25, 0.3) is 0 Å². The van der Waals surface area contributed by atoms with Crippen molar-refractivity contribution < 1.29 is 18.7 Å². The zero-order valence-electron chi connectivity index (χ0n) is 22.2. The van der Waals surface area contributed by atoms with Crippen molar-refractivity contribution in [1.29, 1.82) is 0 Å². The molecule has 0 saturated heterocycles. The molecule has 0 fully saturated rings. The van der Waals surface area contributed by atoms with E-state index in [2.05, 4.69) is 54.9 Å². The fraction of sp³-hybridized carbons (Fsp3) is 0.387. The van der Waals surface area contributed by atoms with Crippen LogP contribution in [-0.2, 0) is 17.6 Å². The predicted molar refractivity (Wildman–Crippen MR) is 148 cm³/mol. The maximum Gasteiger partial charge on any atom is 0.230 e. The number of carbonyl (C=O) groups is 1. The van der Waals surface area contributed by atoms with Gasteiger partial charge in [-0.2, -0.15) is 0 Å². The zero-order valence-corrected chi connectivity index (χ0v) is 22.2. The van der Waals surface area contributed by atoms with Crippen molar-refractivity contribution in [3.8, 4) is 0 Å². The van der Waals surface area contributed by atoms with Gasteiger partial charge in [-0.3, -0.25) is 4.79 Å². The average molecular weight is 522 g/mol. The van der Waals surface area contributed by atoms with Crippen LogP contribution in [0.3, 0.4) is 0 Å². The zero-order chi connectivity index (χ0) is 27.3. The average Bonchev–Trinajstić information content (AvgIpc) is 2.85. The number of para-hydroxylation sites is 1. The van der Waals surface area contributed by atoms with Crippen molar-refractivity contribution >= 4 is 17.3 Å². The summed E-state index contributed by atoms with van der Waals surface area (Å²) in [5, 5.41) is 20.9. The number of nitrogens with one attached hydrogen (secondary N) is 3. The molecule has 0 radical (unpaired) electrons. The van der Waals surface area contributed by atoms with E-state index in [9.17, 15) is 18.7 Å². The topological polar surface area (TPSA) is 73.4 Å². The van der Waals surface area contributed by atoms with Gasteiger partial charge in [0, 0.05) is 36.6 Å². The maximum atomic E-state index is 13.9. The van der Waals surface area contributed by atoms with E-state index in [0.29, 0.717) is 11.3 Å². The highest BCUT2D eigenvalue weighted by atomic mass is 19.1. The third kappa shape index (κ3) is 7.62. The van der Waals surface area contributed by atoms with E-state index in [1.807, 2.05) is 6.07 Å². The fourth-order valence-electron chi connectivity index (χ4n) is 5.05. The molecule has 0 saturated carbocycles. The molecule has 3 aromatic carbocycles. The normalized spacial score (nSPS) is 16.7. The minimum absolute atomic E-state index is 0.00488. The second-order valence-corrected chi connectivity index (χ2v) is 11.3. The van der Waals surface area contributed by atoms with Crippen LogP contribution in [0.1, 0.15) is 49.9 Å². The number of aliphatic hydroxyl groups excluding tert-OH is 1. The van der Waals surface area contributed by atoms with Gasteiger partial charge in [0.05, 0.1) is 12.0 Å². The van der Waals surface area contributed by atoms with Crippen LogP contribution in [0.4, 0.5) is 20.2 Å². The predicted octanol–water partition coefficient (Wildman–Crippen LogP) is 5.86. The highest BCUT2D eigenvalue weighted by Gasteiger charge is 2.29. The largest absolute Gasteiger partial charge is 0.391 e. The van der Waals surface area contributed by atoms with Gasteiger partial charge in [0.2, 0.25) is 5.91 Å². The van der Waals surface area contributed by atoms with Crippen LogP contribution in [-0.4, -0.2) is 30.2 Å². The van der Waals surface area contributed by atoms with Gasteiger partial charge >= 0.3 is 0 Å². The molecule has 0 bridgehead atoms. The lowest BCUT2D eigenvalue weighted by molar-refractivity contribution is -0.123. The number of hydrogen-bond acceptors (Lipinski definition) is 4. The number of carbonyl (C=O) groups excluding carboxylic acids is 1. The highest BCUT2D eigenvalue weighted by Crippen LogP contribution is 2.33. The van der Waals surface area contributed by atoms with Crippen LogP contribution in [0.5, 0.6) is 0 Å². The first-order valence-electron chi connectivity index (χ1n) is 13.2. The van der Waals surface area contributed by atoms with Crippen LogP contribution in [0.25, 0.3) is 0 Å². The van der Waals surface area contributed by atoms with Crippen molar-refractivity contribution in [2.24, 2.45) is 11.3 Å². The maximum absolute atomic E-state index is 13.9. The van der Waals surface area contributed by atoms with Crippen molar-refractivity contribution in [2.75, 3.05) is 23.7 Å². The van der Waals surface area contributed by atoms with Crippen molar-refractivity contribution in [3.05, 3.63) is 95.1 Å². The Kier molecular flexibility index (Phi) is 8.80. The summed E-state index contributed by atoms with van der Waals surface area (Å²) in [6.45, 7) is 7.57. The Morgan fingerprint density at radius 2 is 1.74 bits per heavy atom. The number of benzene rings is 3. The summed E-state index contributed by atoms with van der Waals surface area (Å²) in [5.74, 6) is -2.76. The van der Waals surface area contributed by atoms with Gasteiger partial charge in [-0.25, -0.2) is 8.78 Å². The standard InChI is InChI=1S/C31H37F2N3O2/c1-31(2,3)18-20-9-10-27-25(15-20)28(11-12-34-27)35-19-29(37)26(16-21-13-22(32)17-23(33)14-21)30(38)36-24-7-5-4-6-8-24/h4-10,13-15,17,26,28-29,34-35,37H,11-12,16,18-19H2,1-3H3,(H,36,38). The van der Waals surface area contributed by atoms with Crippen LogP contribution in [0.15, 0.2) is 66.7 Å². The molecule has 202 valence electrons. The Morgan fingerprint density at radius 1 is 1.03 bits per heavy atom. The van der Waals surface area contributed by atoms with E-state index in [0.717, 1.165) is 36.7 Å². The Labute approximate surface area is 223 Å². The Hall–Kier alpha value is -3.29. The van der Waals surface area contributed by atoms with E-state index >= 15 is 0 Å². The quantitative estimate of drug-likeness (QED) is 0.285. The minimum Gasteiger partial charge on any atom is -0.391 e. The van der Waals surface area contributed by atoms with E-state index in [4.69, 9.17) is 0 Å². The number of anilines is 2. The van der Waals surface area contributed by atoms with E-state index < -0.39 is 29.6 Å². The minimum atomic E-state index is -1.08. The van der Waals surface area contributed by atoms with Gasteiger partial charge in [-0.1, -0.05) is 51.1 Å². The number of fused-ring (bicyclic) bond motifs is 1. The summed E-state index contributed by atoms with van der Waals surface area (Å²) in [7, 11) is 0. The van der Waals surface area contributed by atoms with Crippen LogP contribution < -0.4 is 16.0 Å². The number of hydrogen-bond donors (Lipinski definition) is 4. The number of amides is 1. The molecule has 38 heavy (non-hydrogen) atoms. The second kappa shape index (κ2) is 12.0. The third-order valence-corrected chi connectivity index (χ3v) is 6.77. The summed E-state index contributed by atoms with van der Waals surface area (Å²) in [6, 6.07) is 18.6. The summed E-state index contributed by atoms with van der Waals surface area (Å²) in [4.78, 5) is 13.3. The van der Waals surface area contributed by atoms with Crippen LogP contribution in [0.2, 0.25) is 0 Å². The lowest BCUT2D eigenvalue weighted by Gasteiger charge is -2.31. The van der Waals surface area contributed by atoms with E-state index in [1.165, 1.54) is 17.7 Å². The monoisotopic (exact) mass is 521 g/mol. The molecule has 1 aliphatic heterocycles. The summed E-state index contributed by atoms with van der Waals surface area (Å²) in [6.07, 6.45) is 0.687. The number of aliphatic hydroxyl groups is 1. The first-order valence-corrected chi connectivity index (χ1v) is 13.2. The fourth-order valence-corrected chi connectivity index (χ4v) is 5.05. The van der Waals surface area contributed by atoms with E-state index in [1.54, 1.807) is 24.3 Å². The molecule has 3 aromatic rings. The molecule has 0 aromatic heterocycles. The van der Waals surface area contributed by atoms with Gasteiger partial charge < -0.3 is 21.1 Å². The van der Waals surface area contributed by atoms with Gasteiger partial charge in [0.15, 0.2) is 0 Å². The second-order valence-electron chi connectivity index (χ2n) is 11.3. The summed E-state index contributed by atoms with van der Waals surface area (Å²) in [5.41, 5.74) is 4.52. The third-order valence-electron chi connectivity index (χ3n) is 6.77. The number of rotatable bonds is 9. The molecule has 3 atom stereocenters. The Morgan fingerprint density at radius 3 is 2.42 bits per heavy atom. The molecular formula is C31H37F2N3O2. The number of halogens is 2. The lowest BCUT2D eigenvalue weighted by atomic mass is 9.86. The molecule has 0 spiro atoms. The van der Waals surface area contributed by atoms with Gasteiger partial charge in [-0.05, 0) is 71.7 Å². The highest BCUT2D eigenvalue weighted by molar-refractivity contribution is 5.93. The summed E-state index contributed by atoms with van der Waals surface area (Å²) >= 11 is 0. The molecule has 1 aliphatic rings. The Bertz CT molecular complexity index is 1220. The molecule has 4 rings (SSSR count). The smallest absolute Gasteiger partial charge is 0.230 e. The van der Waals surface area contributed by atoms with Crippen molar-refractivity contribution in [3.63, 3.8) is 0 Å². The van der Waals surface area contributed by atoms with Crippen LogP contribution >= 0.6 is 0 Å². The van der Waals surface area contributed by atoms with Crippen molar-refractivity contribution in [1.82, 2.24) is 5.32 Å². The first kappa shape index (κ1) is 27.7.